The third kappa shape index (κ3) is 2.83. The minimum atomic E-state index is -3.05. The summed E-state index contributed by atoms with van der Waals surface area (Å²) < 4.78 is 29.7. The number of nitrogens with zero attached hydrogens (tertiary/aromatic N) is 2. The molecule has 3 saturated heterocycles. The average molecular weight is 409 g/mol. The lowest BCUT2D eigenvalue weighted by atomic mass is 9.76. The smallest absolute Gasteiger partial charge is 0.230 e. The van der Waals surface area contributed by atoms with Gasteiger partial charge in [0.25, 0.3) is 0 Å². The molecule has 2 bridgehead atoms. The second-order valence-electron chi connectivity index (χ2n) is 8.99. The molecule has 7 nitrogen and oxygen atoms in total. The van der Waals surface area contributed by atoms with E-state index >= 15 is 0 Å². The zero-order valence-corrected chi connectivity index (χ0v) is 16.9. The topological polar surface area (TPSA) is 84.0 Å². The first-order valence-electron chi connectivity index (χ1n) is 10.6. The molecule has 0 unspecified atom stereocenters. The molecule has 0 aromatic rings. The predicted octanol–water partition coefficient (Wildman–Crippen LogP) is 0.748. The molecule has 5 aliphatic rings. The van der Waals surface area contributed by atoms with Crippen LogP contribution in [0.2, 0.25) is 0 Å². The second-order valence-corrected chi connectivity index (χ2v) is 11.3. The SMILES string of the molecule is O=C([C@@H]1[C@@H]2C=C[C@@]3(CN(C4CCCCCC4)C(=O)[C@H]13)O2)N1CCS(=O)(=O)CC1. The van der Waals surface area contributed by atoms with Gasteiger partial charge in [-0.15, -0.1) is 0 Å². The van der Waals surface area contributed by atoms with Crippen LogP contribution in [0.4, 0.5) is 0 Å². The third-order valence-corrected chi connectivity index (χ3v) is 8.95. The summed E-state index contributed by atoms with van der Waals surface area (Å²) in [6.45, 7) is 0.981. The van der Waals surface area contributed by atoms with Gasteiger partial charge in [-0.05, 0) is 12.8 Å². The molecule has 0 N–H and O–H groups in total. The summed E-state index contributed by atoms with van der Waals surface area (Å²) in [5.41, 5.74) is -0.670. The van der Waals surface area contributed by atoms with E-state index in [1.807, 2.05) is 17.1 Å². The summed E-state index contributed by atoms with van der Waals surface area (Å²) in [5, 5.41) is 0. The molecule has 4 aliphatic heterocycles. The van der Waals surface area contributed by atoms with Gasteiger partial charge in [0.2, 0.25) is 11.8 Å². The Bertz CT molecular complexity index is 802. The highest BCUT2D eigenvalue weighted by Crippen LogP contribution is 2.53. The monoisotopic (exact) mass is 408 g/mol. The van der Waals surface area contributed by atoms with Crippen molar-refractivity contribution in [3.8, 4) is 0 Å². The molecule has 154 valence electrons. The van der Waals surface area contributed by atoms with Gasteiger partial charge in [-0.1, -0.05) is 37.8 Å². The number of amides is 2. The van der Waals surface area contributed by atoms with Crippen molar-refractivity contribution in [2.24, 2.45) is 11.8 Å². The number of fused-ring (bicyclic) bond motifs is 1. The van der Waals surface area contributed by atoms with Crippen LogP contribution in [0.5, 0.6) is 0 Å². The van der Waals surface area contributed by atoms with E-state index in [4.69, 9.17) is 4.74 Å². The summed E-state index contributed by atoms with van der Waals surface area (Å²) in [7, 11) is -3.05. The Morgan fingerprint density at radius 1 is 1.11 bits per heavy atom. The number of sulfone groups is 1. The van der Waals surface area contributed by atoms with Crippen molar-refractivity contribution in [2.45, 2.75) is 56.3 Å². The molecule has 28 heavy (non-hydrogen) atoms. The second kappa shape index (κ2) is 6.55. The van der Waals surface area contributed by atoms with Crippen LogP contribution in [0, 0.1) is 11.8 Å². The summed E-state index contributed by atoms with van der Waals surface area (Å²) in [5.74, 6) is -1.03. The van der Waals surface area contributed by atoms with Crippen LogP contribution in [0.15, 0.2) is 12.2 Å². The van der Waals surface area contributed by atoms with Crippen LogP contribution >= 0.6 is 0 Å². The molecule has 1 aliphatic carbocycles. The Hall–Kier alpha value is -1.41. The maximum absolute atomic E-state index is 13.4. The van der Waals surface area contributed by atoms with E-state index in [9.17, 15) is 18.0 Å². The quantitative estimate of drug-likeness (QED) is 0.497. The highest BCUT2D eigenvalue weighted by Gasteiger charge is 2.67. The van der Waals surface area contributed by atoms with Gasteiger partial charge in [0.15, 0.2) is 9.84 Å². The van der Waals surface area contributed by atoms with Crippen LogP contribution in [0.1, 0.15) is 38.5 Å². The van der Waals surface area contributed by atoms with Crippen molar-refractivity contribution in [3.63, 3.8) is 0 Å². The van der Waals surface area contributed by atoms with E-state index in [0.29, 0.717) is 6.54 Å². The van der Waals surface area contributed by atoms with Crippen LogP contribution in [0.25, 0.3) is 0 Å². The lowest BCUT2D eigenvalue weighted by molar-refractivity contribution is -0.144. The highest BCUT2D eigenvalue weighted by molar-refractivity contribution is 7.91. The number of carbonyl (C=O) groups is 2. The van der Waals surface area contributed by atoms with Gasteiger partial charge in [-0.2, -0.15) is 0 Å². The van der Waals surface area contributed by atoms with Gasteiger partial charge in [-0.25, -0.2) is 8.42 Å². The van der Waals surface area contributed by atoms with Crippen molar-refractivity contribution in [1.29, 1.82) is 0 Å². The number of rotatable bonds is 2. The summed E-state index contributed by atoms with van der Waals surface area (Å²) in [6, 6.07) is 0.252. The average Bonchev–Trinajstić information content (AvgIpc) is 3.21. The van der Waals surface area contributed by atoms with E-state index in [2.05, 4.69) is 0 Å². The van der Waals surface area contributed by atoms with E-state index in [0.717, 1.165) is 25.7 Å². The minimum absolute atomic E-state index is 0.00474. The van der Waals surface area contributed by atoms with Crippen molar-refractivity contribution in [3.05, 3.63) is 12.2 Å². The Morgan fingerprint density at radius 3 is 2.46 bits per heavy atom. The molecule has 0 radical (unpaired) electrons. The van der Waals surface area contributed by atoms with E-state index in [1.54, 1.807) is 4.90 Å². The molecule has 0 aromatic heterocycles. The van der Waals surface area contributed by atoms with Crippen molar-refractivity contribution in [1.82, 2.24) is 9.80 Å². The molecule has 4 heterocycles. The molecule has 1 saturated carbocycles. The summed E-state index contributed by atoms with van der Waals surface area (Å²) in [4.78, 5) is 30.3. The zero-order valence-electron chi connectivity index (χ0n) is 16.1. The maximum Gasteiger partial charge on any atom is 0.230 e. The lowest BCUT2D eigenvalue weighted by Gasteiger charge is -2.33. The molecule has 4 atom stereocenters. The fourth-order valence-electron chi connectivity index (χ4n) is 5.83. The van der Waals surface area contributed by atoms with Crippen LogP contribution in [0.3, 0.4) is 0 Å². The van der Waals surface area contributed by atoms with E-state index in [1.165, 1.54) is 12.8 Å². The normalized spacial score (nSPS) is 40.0. The molecule has 8 heteroatoms. The van der Waals surface area contributed by atoms with Crippen molar-refractivity contribution < 1.29 is 22.7 Å². The number of hydrogen-bond acceptors (Lipinski definition) is 5. The number of ether oxygens (including phenoxy) is 1. The minimum Gasteiger partial charge on any atom is -0.360 e. The van der Waals surface area contributed by atoms with Gasteiger partial charge >= 0.3 is 0 Å². The molecular formula is C20H28N2O5S. The highest BCUT2D eigenvalue weighted by atomic mass is 32.2. The van der Waals surface area contributed by atoms with Gasteiger partial charge in [-0.3, -0.25) is 9.59 Å². The maximum atomic E-state index is 13.4. The summed E-state index contributed by atoms with van der Waals surface area (Å²) >= 11 is 0. The largest absolute Gasteiger partial charge is 0.360 e. The van der Waals surface area contributed by atoms with E-state index < -0.39 is 27.3 Å². The van der Waals surface area contributed by atoms with Gasteiger partial charge in [0.05, 0.1) is 36.0 Å². The Labute approximate surface area is 166 Å². The van der Waals surface area contributed by atoms with Crippen LogP contribution in [-0.4, -0.2) is 78.9 Å². The molecule has 0 aromatic carbocycles. The molecular weight excluding hydrogens is 380 g/mol. The first kappa shape index (κ1) is 18.6. The fraction of sp³-hybridized carbons (Fsp3) is 0.800. The Balaban J connectivity index is 1.37. The first-order valence-corrected chi connectivity index (χ1v) is 12.4. The van der Waals surface area contributed by atoms with Crippen molar-refractivity contribution >= 4 is 21.7 Å². The number of likely N-dealkylation sites (tertiary alicyclic amines) is 1. The van der Waals surface area contributed by atoms with Crippen molar-refractivity contribution in [2.75, 3.05) is 31.1 Å². The van der Waals surface area contributed by atoms with E-state index in [-0.39, 0.29) is 48.6 Å². The predicted molar refractivity (Wildman–Crippen MR) is 102 cm³/mol. The van der Waals surface area contributed by atoms with Crippen LogP contribution < -0.4 is 0 Å². The van der Waals surface area contributed by atoms with Crippen LogP contribution in [-0.2, 0) is 24.2 Å². The summed E-state index contributed by atoms with van der Waals surface area (Å²) in [6.07, 6.45) is 10.4. The zero-order chi connectivity index (χ0) is 19.5. The molecule has 4 fully saturated rings. The molecule has 5 rings (SSSR count). The van der Waals surface area contributed by atoms with Gasteiger partial charge in [0, 0.05) is 19.1 Å². The standard InChI is InChI=1S/C20H28N2O5S/c23-18(21-9-11-28(25,26)12-10-21)16-15-7-8-20(27-15)13-22(19(24)17(16)20)14-5-3-1-2-4-6-14/h7-8,14-17H,1-6,9-13H2/t15-,16+,17-,20-/m0/s1. The Morgan fingerprint density at radius 2 is 1.79 bits per heavy atom. The third-order valence-electron chi connectivity index (χ3n) is 7.34. The first-order chi connectivity index (χ1) is 13.4. The Kier molecular flexibility index (Phi) is 4.36. The van der Waals surface area contributed by atoms with Gasteiger partial charge < -0.3 is 14.5 Å². The molecule has 2 amide bonds. The number of carbonyl (C=O) groups excluding carboxylic acids is 2. The van der Waals surface area contributed by atoms with Gasteiger partial charge in [0.1, 0.15) is 5.60 Å². The number of hydrogen-bond donors (Lipinski definition) is 0. The molecule has 1 spiro atoms. The fourth-order valence-corrected chi connectivity index (χ4v) is 7.03. The lowest BCUT2D eigenvalue weighted by Crippen LogP contribution is -2.51.